The van der Waals surface area contributed by atoms with E-state index in [9.17, 15) is 24.3 Å². The third-order valence-electron chi connectivity index (χ3n) is 6.28. The highest BCUT2D eigenvalue weighted by atomic mass is 16.4. The van der Waals surface area contributed by atoms with E-state index in [0.717, 1.165) is 11.1 Å². The maximum absolute atomic E-state index is 13.4. The number of benzene rings is 2. The summed E-state index contributed by atoms with van der Waals surface area (Å²) in [6, 6.07) is 11.5. The SMILES string of the molecule is CC(C)[C@H](NC(=O)c1ccccc1)C(=O)N[C@H]1CCc2cccc3c2N(C1=O)[C@H](C(=O)O)C3. The monoisotopic (exact) mass is 449 g/mol. The van der Waals surface area contributed by atoms with Crippen LogP contribution in [0, 0.1) is 5.92 Å². The Hall–Kier alpha value is -3.68. The Morgan fingerprint density at radius 2 is 1.73 bits per heavy atom. The van der Waals surface area contributed by atoms with Gasteiger partial charge in [-0.1, -0.05) is 50.2 Å². The molecule has 2 aliphatic rings. The van der Waals surface area contributed by atoms with Gasteiger partial charge in [0.15, 0.2) is 0 Å². The highest BCUT2D eigenvalue weighted by Crippen LogP contribution is 2.39. The standard InChI is InChI=1S/C25H27N3O5/c1-14(2)20(27-22(29)16-7-4-3-5-8-16)23(30)26-18-12-11-15-9-6-10-17-13-19(25(32)33)28(21(15)17)24(18)31/h3-10,14,18-20H,11-13H2,1-2H3,(H,26,30)(H,27,29)(H,32,33)/t18-,19-,20-/m0/s1. The van der Waals surface area contributed by atoms with Crippen molar-refractivity contribution in [1.82, 2.24) is 10.6 Å². The van der Waals surface area contributed by atoms with Crippen molar-refractivity contribution >= 4 is 29.4 Å². The van der Waals surface area contributed by atoms with Crippen LogP contribution in [0.15, 0.2) is 48.5 Å². The molecule has 4 rings (SSSR count). The highest BCUT2D eigenvalue weighted by Gasteiger charge is 2.44. The summed E-state index contributed by atoms with van der Waals surface area (Å²) in [5, 5.41) is 15.3. The lowest BCUT2D eigenvalue weighted by atomic mass is 10.00. The van der Waals surface area contributed by atoms with E-state index >= 15 is 0 Å². The molecule has 3 N–H and O–H groups in total. The van der Waals surface area contributed by atoms with Crippen molar-refractivity contribution in [3.8, 4) is 0 Å². The molecule has 0 radical (unpaired) electrons. The Labute approximate surface area is 192 Å². The number of hydrogen-bond donors (Lipinski definition) is 3. The molecule has 8 nitrogen and oxygen atoms in total. The molecule has 0 bridgehead atoms. The zero-order valence-electron chi connectivity index (χ0n) is 18.6. The number of nitrogens with zero attached hydrogens (tertiary/aromatic N) is 1. The minimum Gasteiger partial charge on any atom is -0.480 e. The summed E-state index contributed by atoms with van der Waals surface area (Å²) in [6.07, 6.45) is 1.12. The van der Waals surface area contributed by atoms with Crippen molar-refractivity contribution in [2.24, 2.45) is 5.92 Å². The summed E-state index contributed by atoms with van der Waals surface area (Å²) < 4.78 is 0. The van der Waals surface area contributed by atoms with Gasteiger partial charge in [-0.25, -0.2) is 4.79 Å². The number of aryl methyl sites for hydroxylation is 1. The van der Waals surface area contributed by atoms with Crippen molar-refractivity contribution in [2.45, 2.75) is 51.2 Å². The zero-order chi connectivity index (χ0) is 23.7. The van der Waals surface area contributed by atoms with E-state index in [2.05, 4.69) is 10.6 Å². The third kappa shape index (κ3) is 4.33. The summed E-state index contributed by atoms with van der Waals surface area (Å²) in [6.45, 7) is 3.63. The largest absolute Gasteiger partial charge is 0.480 e. The first kappa shape index (κ1) is 22.5. The number of carboxylic acid groups (broad SMARTS) is 1. The molecule has 8 heteroatoms. The van der Waals surface area contributed by atoms with Gasteiger partial charge in [-0.3, -0.25) is 19.3 Å². The quantitative estimate of drug-likeness (QED) is 0.623. The molecule has 2 aromatic rings. The molecular weight excluding hydrogens is 422 g/mol. The van der Waals surface area contributed by atoms with Gasteiger partial charge >= 0.3 is 5.97 Å². The van der Waals surface area contributed by atoms with Crippen LogP contribution in [-0.4, -0.2) is 46.9 Å². The van der Waals surface area contributed by atoms with Crippen molar-refractivity contribution in [3.05, 3.63) is 65.2 Å². The fourth-order valence-electron chi connectivity index (χ4n) is 4.57. The minimum atomic E-state index is -1.08. The lowest BCUT2D eigenvalue weighted by Crippen LogP contribution is -2.57. The van der Waals surface area contributed by atoms with Gasteiger partial charge in [0.2, 0.25) is 11.8 Å². The van der Waals surface area contributed by atoms with E-state index in [-0.39, 0.29) is 18.2 Å². The van der Waals surface area contributed by atoms with E-state index in [1.807, 2.05) is 32.0 Å². The Bertz CT molecular complexity index is 1100. The van der Waals surface area contributed by atoms with Crippen LogP contribution in [0.25, 0.3) is 0 Å². The van der Waals surface area contributed by atoms with Crippen LogP contribution in [0.4, 0.5) is 5.69 Å². The number of carbonyl (C=O) groups is 4. The number of nitrogens with one attached hydrogen (secondary N) is 2. The number of amides is 3. The van der Waals surface area contributed by atoms with Crippen molar-refractivity contribution in [2.75, 3.05) is 4.90 Å². The van der Waals surface area contributed by atoms with Gasteiger partial charge in [-0.05, 0) is 42.0 Å². The van der Waals surface area contributed by atoms with Gasteiger partial charge in [-0.15, -0.1) is 0 Å². The second kappa shape index (κ2) is 9.05. The molecule has 3 amide bonds. The third-order valence-corrected chi connectivity index (χ3v) is 6.28. The van der Waals surface area contributed by atoms with Crippen molar-refractivity contribution in [1.29, 1.82) is 0 Å². The van der Waals surface area contributed by atoms with Gasteiger partial charge in [0.05, 0.1) is 5.69 Å². The minimum absolute atomic E-state index is 0.221. The van der Waals surface area contributed by atoms with Crippen molar-refractivity contribution < 1.29 is 24.3 Å². The van der Waals surface area contributed by atoms with Gasteiger partial charge in [-0.2, -0.15) is 0 Å². The van der Waals surface area contributed by atoms with Crippen molar-refractivity contribution in [3.63, 3.8) is 0 Å². The van der Waals surface area contributed by atoms with Crippen LogP contribution in [0.3, 0.4) is 0 Å². The van der Waals surface area contributed by atoms with Gasteiger partial charge in [0.25, 0.3) is 5.91 Å². The molecule has 0 saturated heterocycles. The van der Waals surface area contributed by atoms with Crippen LogP contribution in [-0.2, 0) is 27.2 Å². The van der Waals surface area contributed by atoms with E-state index in [1.165, 1.54) is 4.90 Å². The molecular formula is C25H27N3O5. The maximum Gasteiger partial charge on any atom is 0.327 e. The van der Waals surface area contributed by atoms with E-state index < -0.39 is 35.9 Å². The second-order valence-corrected chi connectivity index (χ2v) is 8.85. The number of anilines is 1. The molecule has 0 saturated carbocycles. The predicted octanol–water partition coefficient (Wildman–Crippen LogP) is 1.91. The van der Waals surface area contributed by atoms with E-state index in [1.54, 1.807) is 30.3 Å². The molecule has 0 spiro atoms. The molecule has 33 heavy (non-hydrogen) atoms. The normalized spacial score (nSPS) is 20.1. The number of hydrogen-bond acceptors (Lipinski definition) is 4. The molecule has 2 aromatic carbocycles. The molecule has 0 unspecified atom stereocenters. The molecule has 0 aliphatic carbocycles. The highest BCUT2D eigenvalue weighted by molar-refractivity contribution is 6.07. The smallest absolute Gasteiger partial charge is 0.327 e. The van der Waals surface area contributed by atoms with Crippen LogP contribution < -0.4 is 15.5 Å². The Morgan fingerprint density at radius 1 is 1.03 bits per heavy atom. The Morgan fingerprint density at radius 3 is 2.39 bits per heavy atom. The number of aliphatic carboxylic acids is 1. The summed E-state index contributed by atoms with van der Waals surface area (Å²) in [4.78, 5) is 52.4. The topological polar surface area (TPSA) is 116 Å². The fourth-order valence-corrected chi connectivity index (χ4v) is 4.57. The number of carboxylic acids is 1. The fraction of sp³-hybridized carbons (Fsp3) is 0.360. The van der Waals surface area contributed by atoms with Gasteiger partial charge in [0, 0.05) is 12.0 Å². The summed E-state index contributed by atoms with van der Waals surface area (Å²) in [7, 11) is 0. The van der Waals surface area contributed by atoms with Crippen LogP contribution in [0.5, 0.6) is 0 Å². The molecule has 0 aromatic heterocycles. The van der Waals surface area contributed by atoms with Crippen LogP contribution >= 0.6 is 0 Å². The van der Waals surface area contributed by atoms with Gasteiger partial charge < -0.3 is 15.7 Å². The Kier molecular flexibility index (Phi) is 6.18. The first-order chi connectivity index (χ1) is 15.8. The van der Waals surface area contributed by atoms with Crippen LogP contribution in [0.1, 0.15) is 41.8 Å². The first-order valence-electron chi connectivity index (χ1n) is 11.1. The van der Waals surface area contributed by atoms with E-state index in [0.29, 0.717) is 24.1 Å². The summed E-state index contributed by atoms with van der Waals surface area (Å²) in [5.74, 6) is -2.58. The molecule has 0 fully saturated rings. The Balaban J connectivity index is 1.54. The zero-order valence-corrected chi connectivity index (χ0v) is 18.6. The molecule has 2 aliphatic heterocycles. The lowest BCUT2D eigenvalue weighted by Gasteiger charge is -2.28. The molecule has 2 heterocycles. The first-order valence-corrected chi connectivity index (χ1v) is 11.1. The summed E-state index contributed by atoms with van der Waals surface area (Å²) >= 11 is 0. The van der Waals surface area contributed by atoms with E-state index in [4.69, 9.17) is 0 Å². The number of carbonyl (C=O) groups excluding carboxylic acids is 3. The average molecular weight is 450 g/mol. The predicted molar refractivity (Wildman–Crippen MR) is 122 cm³/mol. The van der Waals surface area contributed by atoms with Gasteiger partial charge in [0.1, 0.15) is 18.1 Å². The summed E-state index contributed by atoms with van der Waals surface area (Å²) in [5.41, 5.74) is 2.82. The molecule has 172 valence electrons. The maximum atomic E-state index is 13.4. The number of rotatable bonds is 6. The van der Waals surface area contributed by atoms with Crippen LogP contribution in [0.2, 0.25) is 0 Å². The number of para-hydroxylation sites is 1. The lowest BCUT2D eigenvalue weighted by molar-refractivity contribution is -0.140. The molecule has 3 atom stereocenters. The second-order valence-electron chi connectivity index (χ2n) is 8.85. The average Bonchev–Trinajstić information content (AvgIpc) is 3.14.